The molecule has 2 aromatic rings. The lowest BCUT2D eigenvalue weighted by Crippen LogP contribution is -2.31. The molecule has 0 radical (unpaired) electrons. The van der Waals surface area contributed by atoms with E-state index >= 15 is 0 Å². The van der Waals surface area contributed by atoms with Crippen LogP contribution in [-0.2, 0) is 13.1 Å². The number of hydrogen-bond donors (Lipinski definition) is 0. The van der Waals surface area contributed by atoms with Crippen molar-refractivity contribution in [2.75, 3.05) is 6.26 Å². The third-order valence-electron chi connectivity index (χ3n) is 3.33. The molecule has 0 N–H and O–H groups in total. The van der Waals surface area contributed by atoms with Gasteiger partial charge in [0.15, 0.2) is 0 Å². The van der Waals surface area contributed by atoms with Crippen LogP contribution in [0.2, 0.25) is 5.02 Å². The summed E-state index contributed by atoms with van der Waals surface area (Å²) in [5, 5.41) is 0.374. The quantitative estimate of drug-likeness (QED) is 0.784. The maximum absolute atomic E-state index is 14.0. The third-order valence-corrected chi connectivity index (χ3v) is 5.40. The molecule has 1 aliphatic heterocycles. The molecule has 8 heteroatoms. The van der Waals surface area contributed by atoms with E-state index in [1.807, 2.05) is 10.9 Å². The van der Waals surface area contributed by atoms with Gasteiger partial charge in [-0.1, -0.05) is 11.6 Å². The maximum atomic E-state index is 14.0. The Bertz CT molecular complexity index is 809. The van der Waals surface area contributed by atoms with Gasteiger partial charge >= 0.3 is 4.87 Å². The zero-order valence-corrected chi connectivity index (χ0v) is 13.7. The van der Waals surface area contributed by atoms with Crippen LogP contribution in [0.4, 0.5) is 10.1 Å². The summed E-state index contributed by atoms with van der Waals surface area (Å²) < 4.78 is 17.5. The summed E-state index contributed by atoms with van der Waals surface area (Å²) in [4.78, 5) is 17.5. The monoisotopic (exact) mass is 345 g/mol. The maximum Gasteiger partial charge on any atom is 0.325 e. The normalized spacial score (nSPS) is 15.3. The van der Waals surface area contributed by atoms with Crippen LogP contribution in [0.3, 0.4) is 0 Å². The van der Waals surface area contributed by atoms with E-state index in [1.165, 1.54) is 17.8 Å². The van der Waals surface area contributed by atoms with E-state index in [-0.39, 0.29) is 10.6 Å². The number of rotatable bonds is 2. The molecule has 0 aliphatic carbocycles. The molecule has 0 amide bonds. The second-order valence-corrected chi connectivity index (χ2v) is 6.83. The van der Waals surface area contributed by atoms with Crippen LogP contribution >= 0.6 is 34.7 Å². The van der Waals surface area contributed by atoms with E-state index in [4.69, 9.17) is 11.6 Å². The van der Waals surface area contributed by atoms with Gasteiger partial charge in [-0.2, -0.15) is 0 Å². The van der Waals surface area contributed by atoms with E-state index in [0.29, 0.717) is 16.4 Å². The highest BCUT2D eigenvalue weighted by molar-refractivity contribution is 7.98. The smallest absolute Gasteiger partial charge is 0.256 e. The van der Waals surface area contributed by atoms with Crippen molar-refractivity contribution >= 4 is 40.4 Å². The molecular formula is C13H13ClFN3OS2. The first-order valence-electron chi connectivity index (χ1n) is 6.48. The van der Waals surface area contributed by atoms with E-state index in [2.05, 4.69) is 4.99 Å². The number of hydrogen-bond acceptors (Lipinski definition) is 4. The summed E-state index contributed by atoms with van der Waals surface area (Å²) in [6.07, 6.45) is 3.86. The van der Waals surface area contributed by atoms with Crippen LogP contribution < -0.4 is 9.67 Å². The molecule has 4 nitrogen and oxygen atoms in total. The average molecular weight is 346 g/mol. The molecule has 2 heterocycles. The van der Waals surface area contributed by atoms with Gasteiger partial charge in [-0.15, -0.1) is 11.8 Å². The summed E-state index contributed by atoms with van der Waals surface area (Å²) in [5.41, 5.74) is 0.214. The molecule has 1 aromatic carbocycles. The van der Waals surface area contributed by atoms with Gasteiger partial charge in [-0.25, -0.2) is 14.1 Å². The Kier molecular flexibility index (Phi) is 4.24. The van der Waals surface area contributed by atoms with Crippen molar-refractivity contribution < 1.29 is 4.39 Å². The minimum Gasteiger partial charge on any atom is -0.256 e. The second-order valence-electron chi connectivity index (χ2n) is 4.65. The molecule has 0 saturated heterocycles. The number of fused-ring (bicyclic) bond motifs is 1. The summed E-state index contributed by atoms with van der Waals surface area (Å²) >= 11 is 8.45. The number of aromatic nitrogens is 2. The highest BCUT2D eigenvalue weighted by atomic mass is 35.5. The van der Waals surface area contributed by atoms with Gasteiger partial charge in [0.05, 0.1) is 5.02 Å². The predicted octanol–water partition coefficient (Wildman–Crippen LogP) is 3.25. The van der Waals surface area contributed by atoms with Crippen LogP contribution in [0.5, 0.6) is 0 Å². The van der Waals surface area contributed by atoms with Crippen molar-refractivity contribution in [2.45, 2.75) is 30.8 Å². The minimum atomic E-state index is -0.478. The highest BCUT2D eigenvalue weighted by Gasteiger charge is 2.14. The Morgan fingerprint density at radius 1 is 1.33 bits per heavy atom. The first-order valence-corrected chi connectivity index (χ1v) is 8.90. The van der Waals surface area contributed by atoms with Crippen molar-refractivity contribution in [3.8, 4) is 0 Å². The summed E-state index contributed by atoms with van der Waals surface area (Å²) in [7, 11) is 0. The molecule has 1 aliphatic rings. The molecule has 0 bridgehead atoms. The largest absolute Gasteiger partial charge is 0.325 e. The van der Waals surface area contributed by atoms with Crippen LogP contribution in [0, 0.1) is 5.82 Å². The van der Waals surface area contributed by atoms with E-state index < -0.39 is 5.82 Å². The van der Waals surface area contributed by atoms with Gasteiger partial charge in [0.2, 0.25) is 4.80 Å². The Balaban J connectivity index is 2.17. The van der Waals surface area contributed by atoms with Gasteiger partial charge in [-0.3, -0.25) is 9.48 Å². The van der Waals surface area contributed by atoms with Gasteiger partial charge < -0.3 is 0 Å². The fourth-order valence-electron chi connectivity index (χ4n) is 2.28. The SMILES string of the molecule is CSc1cc(N=c2sc(=O)n3n2CCCC3)c(F)cc1Cl. The first kappa shape index (κ1) is 14.9. The van der Waals surface area contributed by atoms with Crippen LogP contribution in [0.15, 0.2) is 26.8 Å². The van der Waals surface area contributed by atoms with Crippen molar-refractivity contribution in [1.29, 1.82) is 0 Å². The molecule has 0 spiro atoms. The zero-order valence-electron chi connectivity index (χ0n) is 11.3. The van der Waals surface area contributed by atoms with Gasteiger partial charge in [0.1, 0.15) is 11.5 Å². The molecule has 112 valence electrons. The van der Waals surface area contributed by atoms with Gasteiger partial charge in [0, 0.05) is 18.0 Å². The van der Waals surface area contributed by atoms with E-state index in [9.17, 15) is 9.18 Å². The molecular weight excluding hydrogens is 333 g/mol. The van der Waals surface area contributed by atoms with Gasteiger partial charge in [-0.05, 0) is 42.6 Å². The first-order chi connectivity index (χ1) is 10.1. The number of nitrogens with zero attached hydrogens (tertiary/aromatic N) is 3. The average Bonchev–Trinajstić information content (AvgIpc) is 2.79. The fraction of sp³-hybridized carbons (Fsp3) is 0.385. The zero-order chi connectivity index (χ0) is 15.0. The topological polar surface area (TPSA) is 39.3 Å². The molecule has 0 saturated carbocycles. The summed E-state index contributed by atoms with van der Waals surface area (Å²) in [5.74, 6) is -0.478. The van der Waals surface area contributed by atoms with E-state index in [1.54, 1.807) is 10.7 Å². The summed E-state index contributed by atoms with van der Waals surface area (Å²) in [6.45, 7) is 1.44. The lowest BCUT2D eigenvalue weighted by atomic mass is 10.3. The Morgan fingerprint density at radius 2 is 2.05 bits per heavy atom. The number of thioether (sulfide) groups is 1. The standard InChI is InChI=1S/C13H13ClFN3OS2/c1-20-11-7-10(9(15)6-8(11)14)16-12-17-4-2-3-5-18(17)13(19)21-12/h6-7H,2-5H2,1H3. The molecule has 0 atom stereocenters. The van der Waals surface area contributed by atoms with Crippen LogP contribution in [0.1, 0.15) is 12.8 Å². The van der Waals surface area contributed by atoms with Gasteiger partial charge in [0.25, 0.3) is 0 Å². The molecule has 1 aromatic heterocycles. The summed E-state index contributed by atoms with van der Waals surface area (Å²) in [6, 6.07) is 2.88. The third kappa shape index (κ3) is 2.82. The fourth-order valence-corrected chi connectivity index (χ4v) is 4.04. The van der Waals surface area contributed by atoms with Crippen molar-refractivity contribution in [1.82, 2.24) is 9.36 Å². The predicted molar refractivity (Wildman–Crippen MR) is 84.2 cm³/mol. The molecule has 3 rings (SSSR count). The highest BCUT2D eigenvalue weighted by Crippen LogP contribution is 2.31. The van der Waals surface area contributed by atoms with E-state index in [0.717, 1.165) is 35.6 Å². The van der Waals surface area contributed by atoms with Crippen LogP contribution in [0.25, 0.3) is 0 Å². The second kappa shape index (κ2) is 5.98. The van der Waals surface area contributed by atoms with Crippen molar-refractivity contribution in [3.05, 3.63) is 37.4 Å². The Morgan fingerprint density at radius 3 is 2.76 bits per heavy atom. The number of halogens is 2. The Labute approximate surface area is 133 Å². The van der Waals surface area contributed by atoms with Crippen LogP contribution in [-0.4, -0.2) is 15.6 Å². The van der Waals surface area contributed by atoms with Crippen molar-refractivity contribution in [3.63, 3.8) is 0 Å². The minimum absolute atomic E-state index is 0.0482. The number of benzene rings is 1. The lowest BCUT2D eigenvalue weighted by molar-refractivity contribution is 0.345. The Hall–Kier alpha value is -1.05. The molecule has 21 heavy (non-hydrogen) atoms. The van der Waals surface area contributed by atoms with Crippen molar-refractivity contribution in [2.24, 2.45) is 4.99 Å². The molecule has 0 fully saturated rings. The lowest BCUT2D eigenvalue weighted by Gasteiger charge is -2.15. The molecule has 0 unspecified atom stereocenters.